The monoisotopic (exact) mass is 359 g/mol. The smallest absolute Gasteiger partial charge is 0.227 e. The van der Waals surface area contributed by atoms with Crippen LogP contribution < -0.4 is 0 Å². The van der Waals surface area contributed by atoms with E-state index in [1.807, 2.05) is 35.2 Å². The second kappa shape index (κ2) is 8.18. The number of benzene rings is 1. The zero-order valence-electron chi connectivity index (χ0n) is 15.6. The Kier molecular flexibility index (Phi) is 5.94. The van der Waals surface area contributed by atoms with Gasteiger partial charge in [-0.25, -0.2) is 0 Å². The van der Waals surface area contributed by atoms with Gasteiger partial charge in [-0.2, -0.15) is 0 Å². The third kappa shape index (κ3) is 4.07. The van der Waals surface area contributed by atoms with Gasteiger partial charge in [0.25, 0.3) is 0 Å². The molecule has 0 radical (unpaired) electrons. The lowest BCUT2D eigenvalue weighted by Crippen LogP contribution is -2.62. The second-order valence-corrected chi connectivity index (χ2v) is 7.48. The van der Waals surface area contributed by atoms with Crippen molar-refractivity contribution in [3.63, 3.8) is 0 Å². The summed E-state index contributed by atoms with van der Waals surface area (Å²) in [5.41, 5.74) is 0.889. The summed E-state index contributed by atoms with van der Waals surface area (Å²) in [7, 11) is 2.10. The molecule has 2 fully saturated rings. The highest BCUT2D eigenvalue weighted by atomic mass is 16.3. The van der Waals surface area contributed by atoms with Crippen LogP contribution in [0.3, 0.4) is 0 Å². The van der Waals surface area contributed by atoms with E-state index in [-0.39, 0.29) is 24.0 Å². The van der Waals surface area contributed by atoms with Crippen molar-refractivity contribution in [2.75, 3.05) is 46.4 Å². The maximum absolute atomic E-state index is 12.8. The summed E-state index contributed by atoms with van der Waals surface area (Å²) in [5, 5.41) is 9.18. The molecule has 2 aliphatic rings. The summed E-state index contributed by atoms with van der Waals surface area (Å²) < 4.78 is 0. The average Bonchev–Trinajstić information content (AvgIpc) is 2.80. The summed E-state index contributed by atoms with van der Waals surface area (Å²) >= 11 is 0. The number of hydrogen-bond donors (Lipinski definition) is 1. The Morgan fingerprint density at radius 1 is 1.15 bits per heavy atom. The maximum Gasteiger partial charge on any atom is 0.227 e. The Bertz CT molecular complexity index is 636. The van der Waals surface area contributed by atoms with E-state index in [2.05, 4.69) is 11.9 Å². The molecule has 2 heterocycles. The maximum atomic E-state index is 12.8. The number of piperazine rings is 1. The molecule has 142 valence electrons. The number of β-amino-alcohol motifs (C(OH)–C–C–N with tert-alkyl or cyclic N) is 1. The number of carbonyl (C=O) groups is 2. The molecule has 0 unspecified atom stereocenters. The van der Waals surface area contributed by atoms with Crippen LogP contribution in [0.1, 0.15) is 24.8 Å². The predicted molar refractivity (Wildman–Crippen MR) is 99.6 cm³/mol. The van der Waals surface area contributed by atoms with Crippen molar-refractivity contribution >= 4 is 11.8 Å². The largest absolute Gasteiger partial charge is 0.395 e. The van der Waals surface area contributed by atoms with Crippen LogP contribution in [0, 0.1) is 0 Å². The summed E-state index contributed by atoms with van der Waals surface area (Å²) in [6.45, 7) is 3.28. The van der Waals surface area contributed by atoms with E-state index in [4.69, 9.17) is 0 Å². The number of likely N-dealkylation sites (tertiary alicyclic amines) is 1. The van der Waals surface area contributed by atoms with Crippen LogP contribution >= 0.6 is 0 Å². The fourth-order valence-electron chi connectivity index (χ4n) is 4.15. The van der Waals surface area contributed by atoms with Gasteiger partial charge >= 0.3 is 0 Å². The highest BCUT2D eigenvalue weighted by Gasteiger charge is 2.43. The minimum Gasteiger partial charge on any atom is -0.395 e. The molecule has 0 saturated carbocycles. The van der Waals surface area contributed by atoms with Crippen LogP contribution in [0.2, 0.25) is 0 Å². The molecule has 6 nitrogen and oxygen atoms in total. The Labute approximate surface area is 155 Å². The standard InChI is InChI=1S/C20H29N3O3/c1-21-11-12-23(19(26)15-17-5-3-2-4-6-17)16-20(21)8-7-18(25)22(10-9-20)13-14-24/h2-6,24H,7-16H2,1H3/t20-/m0/s1. The minimum absolute atomic E-state index is 0.00370. The van der Waals surface area contributed by atoms with Crippen LogP contribution in [0.25, 0.3) is 0 Å². The first-order valence-electron chi connectivity index (χ1n) is 9.46. The molecule has 1 N–H and O–H groups in total. The number of hydrogen-bond acceptors (Lipinski definition) is 4. The van der Waals surface area contributed by atoms with E-state index < -0.39 is 0 Å². The van der Waals surface area contributed by atoms with Gasteiger partial charge in [-0.05, 0) is 25.5 Å². The Balaban J connectivity index is 1.69. The zero-order chi connectivity index (χ0) is 18.6. The molecule has 2 aliphatic heterocycles. The van der Waals surface area contributed by atoms with Gasteiger partial charge in [0, 0.05) is 44.7 Å². The van der Waals surface area contributed by atoms with Crippen molar-refractivity contribution in [2.45, 2.75) is 31.2 Å². The first kappa shape index (κ1) is 18.9. The summed E-state index contributed by atoms with van der Waals surface area (Å²) in [6, 6.07) is 9.85. The molecule has 0 bridgehead atoms. The summed E-state index contributed by atoms with van der Waals surface area (Å²) in [4.78, 5) is 31.2. The van der Waals surface area contributed by atoms with E-state index >= 15 is 0 Å². The van der Waals surface area contributed by atoms with Gasteiger partial charge in [-0.3, -0.25) is 14.5 Å². The fraction of sp³-hybridized carbons (Fsp3) is 0.600. The quantitative estimate of drug-likeness (QED) is 0.862. The van der Waals surface area contributed by atoms with E-state index in [1.54, 1.807) is 4.90 Å². The van der Waals surface area contributed by atoms with Gasteiger partial charge in [0.15, 0.2) is 0 Å². The fourth-order valence-corrected chi connectivity index (χ4v) is 4.15. The first-order chi connectivity index (χ1) is 12.5. The second-order valence-electron chi connectivity index (χ2n) is 7.48. The van der Waals surface area contributed by atoms with Crippen LogP contribution in [-0.2, 0) is 16.0 Å². The van der Waals surface area contributed by atoms with Gasteiger partial charge in [-0.15, -0.1) is 0 Å². The topological polar surface area (TPSA) is 64.1 Å². The molecule has 26 heavy (non-hydrogen) atoms. The molecule has 1 spiro atoms. The Morgan fingerprint density at radius 2 is 1.92 bits per heavy atom. The van der Waals surface area contributed by atoms with Crippen molar-refractivity contribution < 1.29 is 14.7 Å². The first-order valence-corrected chi connectivity index (χ1v) is 9.46. The van der Waals surface area contributed by atoms with Crippen LogP contribution in [0.4, 0.5) is 0 Å². The van der Waals surface area contributed by atoms with Gasteiger partial charge < -0.3 is 14.9 Å². The van der Waals surface area contributed by atoms with E-state index in [0.29, 0.717) is 32.5 Å². The molecule has 0 aliphatic carbocycles. The molecule has 1 aromatic carbocycles. The van der Waals surface area contributed by atoms with Crippen LogP contribution in [0.5, 0.6) is 0 Å². The molecule has 6 heteroatoms. The van der Waals surface area contributed by atoms with Crippen molar-refractivity contribution in [1.29, 1.82) is 0 Å². The SMILES string of the molecule is CN1CCN(C(=O)Cc2ccccc2)C[C@@]12CCC(=O)N(CCO)CC2. The van der Waals surface area contributed by atoms with E-state index in [0.717, 1.165) is 31.5 Å². The highest BCUT2D eigenvalue weighted by Crippen LogP contribution is 2.32. The van der Waals surface area contributed by atoms with Crippen molar-refractivity contribution in [1.82, 2.24) is 14.7 Å². The van der Waals surface area contributed by atoms with Crippen LogP contribution in [-0.4, -0.2) is 83.5 Å². The van der Waals surface area contributed by atoms with Gasteiger partial charge in [0.05, 0.1) is 13.0 Å². The summed E-state index contributed by atoms with van der Waals surface area (Å²) in [6.07, 6.45) is 2.50. The Hall–Kier alpha value is -1.92. The van der Waals surface area contributed by atoms with E-state index in [1.165, 1.54) is 0 Å². The highest BCUT2D eigenvalue weighted by molar-refractivity contribution is 5.79. The number of likely N-dealkylation sites (N-methyl/N-ethyl adjacent to an activating group) is 1. The molecule has 2 amide bonds. The molecule has 1 aromatic rings. The minimum atomic E-state index is -0.148. The average molecular weight is 359 g/mol. The van der Waals surface area contributed by atoms with Crippen LogP contribution in [0.15, 0.2) is 30.3 Å². The third-order valence-corrected chi connectivity index (χ3v) is 5.93. The number of nitrogens with zero attached hydrogens (tertiary/aromatic N) is 3. The number of aliphatic hydroxyl groups is 1. The van der Waals surface area contributed by atoms with Crippen molar-refractivity contribution in [3.8, 4) is 0 Å². The molecular weight excluding hydrogens is 330 g/mol. The molecule has 2 saturated heterocycles. The van der Waals surface area contributed by atoms with E-state index in [9.17, 15) is 14.7 Å². The normalized spacial score (nSPS) is 24.8. The molecule has 1 atom stereocenters. The lowest BCUT2D eigenvalue weighted by molar-refractivity contribution is -0.136. The predicted octanol–water partition coefficient (Wildman–Crippen LogP) is 0.747. The Morgan fingerprint density at radius 3 is 2.65 bits per heavy atom. The molecular formula is C20H29N3O3. The molecule has 3 rings (SSSR count). The lowest BCUT2D eigenvalue weighted by atomic mass is 9.86. The number of rotatable bonds is 4. The molecule has 0 aromatic heterocycles. The van der Waals surface area contributed by atoms with Gasteiger partial charge in [0.1, 0.15) is 0 Å². The number of amides is 2. The number of aliphatic hydroxyl groups excluding tert-OH is 1. The van der Waals surface area contributed by atoms with Gasteiger partial charge in [-0.1, -0.05) is 30.3 Å². The third-order valence-electron chi connectivity index (χ3n) is 5.93. The van der Waals surface area contributed by atoms with Gasteiger partial charge in [0.2, 0.25) is 11.8 Å². The van der Waals surface area contributed by atoms with Crippen molar-refractivity contribution in [3.05, 3.63) is 35.9 Å². The lowest BCUT2D eigenvalue weighted by Gasteiger charge is -2.49. The number of carbonyl (C=O) groups excluding carboxylic acids is 2. The summed E-state index contributed by atoms with van der Waals surface area (Å²) in [5.74, 6) is 0.267. The van der Waals surface area contributed by atoms with Crippen molar-refractivity contribution in [2.24, 2.45) is 0 Å². The zero-order valence-corrected chi connectivity index (χ0v) is 15.6.